The smallest absolute Gasteiger partial charge is 0.274 e. The molecule has 0 saturated carbocycles. The van der Waals surface area contributed by atoms with E-state index in [4.69, 9.17) is 4.52 Å². The second-order valence-electron chi connectivity index (χ2n) is 5.12. The van der Waals surface area contributed by atoms with E-state index in [2.05, 4.69) is 20.2 Å². The quantitative estimate of drug-likeness (QED) is 0.724. The van der Waals surface area contributed by atoms with Gasteiger partial charge in [-0.05, 0) is 43.3 Å². The van der Waals surface area contributed by atoms with Crippen LogP contribution < -0.4 is 10.0 Å². The van der Waals surface area contributed by atoms with Crippen LogP contribution in [0.15, 0.2) is 64.1 Å². The first-order valence-electron chi connectivity index (χ1n) is 7.23. The third kappa shape index (κ3) is 4.01. The fraction of sp³-hybridized carbons (Fsp3) is 0.0625. The van der Waals surface area contributed by atoms with Gasteiger partial charge in [0, 0.05) is 18.0 Å². The predicted octanol–water partition coefficient (Wildman–Crippen LogP) is 2.43. The van der Waals surface area contributed by atoms with Crippen LogP contribution in [0.5, 0.6) is 0 Å². The van der Waals surface area contributed by atoms with Crippen molar-refractivity contribution in [2.75, 3.05) is 10.0 Å². The first-order valence-corrected chi connectivity index (χ1v) is 8.71. The van der Waals surface area contributed by atoms with E-state index in [0.717, 1.165) is 0 Å². The number of hydrogen-bond donors (Lipinski definition) is 2. The Labute approximate surface area is 143 Å². The molecule has 0 atom stereocenters. The van der Waals surface area contributed by atoms with E-state index in [1.165, 1.54) is 36.5 Å². The monoisotopic (exact) mass is 358 g/mol. The molecule has 0 fully saturated rings. The SMILES string of the molecule is Cc1cc(NS(=O)(=O)c2ccc(NC(=O)c3ccccn3)cc2)no1. The Balaban J connectivity index is 1.72. The highest BCUT2D eigenvalue weighted by molar-refractivity contribution is 7.92. The van der Waals surface area contributed by atoms with Crippen LogP contribution in [0.3, 0.4) is 0 Å². The van der Waals surface area contributed by atoms with Gasteiger partial charge in [-0.15, -0.1) is 0 Å². The minimum Gasteiger partial charge on any atom is -0.360 e. The molecule has 0 bridgehead atoms. The van der Waals surface area contributed by atoms with Crippen molar-refractivity contribution in [3.05, 3.63) is 66.2 Å². The first-order chi connectivity index (χ1) is 11.9. The zero-order valence-corrected chi connectivity index (χ0v) is 13.9. The van der Waals surface area contributed by atoms with Gasteiger partial charge in [0.2, 0.25) is 0 Å². The summed E-state index contributed by atoms with van der Waals surface area (Å²) in [7, 11) is -3.79. The molecule has 0 aliphatic carbocycles. The number of pyridine rings is 1. The van der Waals surface area contributed by atoms with Gasteiger partial charge in [-0.25, -0.2) is 8.42 Å². The number of carbonyl (C=O) groups is 1. The van der Waals surface area contributed by atoms with Crippen molar-refractivity contribution in [1.82, 2.24) is 10.1 Å². The van der Waals surface area contributed by atoms with E-state index in [1.807, 2.05) is 0 Å². The number of rotatable bonds is 5. The highest BCUT2D eigenvalue weighted by atomic mass is 32.2. The van der Waals surface area contributed by atoms with Crippen LogP contribution in [0.1, 0.15) is 16.2 Å². The zero-order chi connectivity index (χ0) is 17.9. The van der Waals surface area contributed by atoms with E-state index in [9.17, 15) is 13.2 Å². The Bertz CT molecular complexity index is 982. The number of sulfonamides is 1. The lowest BCUT2D eigenvalue weighted by Gasteiger charge is -2.07. The number of aromatic nitrogens is 2. The van der Waals surface area contributed by atoms with Gasteiger partial charge >= 0.3 is 0 Å². The van der Waals surface area contributed by atoms with Crippen LogP contribution >= 0.6 is 0 Å². The van der Waals surface area contributed by atoms with Crippen molar-refractivity contribution >= 4 is 27.4 Å². The van der Waals surface area contributed by atoms with Gasteiger partial charge in [0.25, 0.3) is 15.9 Å². The number of amides is 1. The average molecular weight is 358 g/mol. The molecule has 1 aromatic carbocycles. The second-order valence-corrected chi connectivity index (χ2v) is 6.80. The maximum atomic E-state index is 12.3. The summed E-state index contributed by atoms with van der Waals surface area (Å²) < 4.78 is 31.7. The molecule has 8 nitrogen and oxygen atoms in total. The molecule has 128 valence electrons. The van der Waals surface area contributed by atoms with E-state index in [0.29, 0.717) is 11.4 Å². The third-order valence-corrected chi connectivity index (χ3v) is 4.56. The Kier molecular flexibility index (Phi) is 4.48. The lowest BCUT2D eigenvalue weighted by molar-refractivity contribution is 0.102. The number of nitrogens with zero attached hydrogens (tertiary/aromatic N) is 2. The highest BCUT2D eigenvalue weighted by Gasteiger charge is 2.16. The Morgan fingerprint density at radius 2 is 1.88 bits per heavy atom. The standard InChI is InChI=1S/C16H14N4O4S/c1-11-10-15(19-24-11)20-25(22,23)13-7-5-12(6-8-13)18-16(21)14-4-2-3-9-17-14/h2-10H,1H3,(H,18,21)(H,19,20). The molecule has 25 heavy (non-hydrogen) atoms. The largest absolute Gasteiger partial charge is 0.360 e. The molecule has 0 unspecified atom stereocenters. The summed E-state index contributed by atoms with van der Waals surface area (Å²) >= 11 is 0. The second kappa shape index (κ2) is 6.73. The maximum absolute atomic E-state index is 12.3. The molecule has 3 aromatic rings. The summed E-state index contributed by atoms with van der Waals surface area (Å²) in [6.45, 7) is 1.66. The molecule has 2 heterocycles. The summed E-state index contributed by atoms with van der Waals surface area (Å²) in [5.74, 6) is 0.211. The van der Waals surface area contributed by atoms with E-state index in [-0.39, 0.29) is 22.3 Å². The van der Waals surface area contributed by atoms with Crippen molar-refractivity contribution in [2.24, 2.45) is 0 Å². The topological polar surface area (TPSA) is 114 Å². The van der Waals surface area contributed by atoms with Gasteiger partial charge in [0.05, 0.1) is 4.90 Å². The van der Waals surface area contributed by atoms with Crippen LogP contribution in [0, 0.1) is 6.92 Å². The van der Waals surface area contributed by atoms with Crippen molar-refractivity contribution in [3.8, 4) is 0 Å². The lowest BCUT2D eigenvalue weighted by atomic mass is 10.3. The molecule has 2 aromatic heterocycles. The number of nitrogens with one attached hydrogen (secondary N) is 2. The maximum Gasteiger partial charge on any atom is 0.274 e. The van der Waals surface area contributed by atoms with E-state index in [1.54, 1.807) is 25.1 Å². The molecule has 9 heteroatoms. The van der Waals surface area contributed by atoms with Gasteiger partial charge in [0.15, 0.2) is 5.82 Å². The Morgan fingerprint density at radius 1 is 1.12 bits per heavy atom. The molecule has 0 saturated heterocycles. The Morgan fingerprint density at radius 3 is 2.48 bits per heavy atom. The van der Waals surface area contributed by atoms with Crippen molar-refractivity contribution in [1.29, 1.82) is 0 Å². The lowest BCUT2D eigenvalue weighted by Crippen LogP contribution is -2.15. The summed E-state index contributed by atoms with van der Waals surface area (Å²) in [6, 6.07) is 12.2. The molecule has 3 rings (SSSR count). The summed E-state index contributed by atoms with van der Waals surface area (Å²) in [5, 5.41) is 6.23. The van der Waals surface area contributed by atoms with Crippen molar-refractivity contribution in [2.45, 2.75) is 11.8 Å². The number of benzene rings is 1. The van der Waals surface area contributed by atoms with E-state index < -0.39 is 10.0 Å². The molecule has 0 spiro atoms. The fourth-order valence-corrected chi connectivity index (χ4v) is 3.00. The molecular formula is C16H14N4O4S. The van der Waals surface area contributed by atoms with Crippen LogP contribution in [-0.4, -0.2) is 24.5 Å². The molecular weight excluding hydrogens is 344 g/mol. The van der Waals surface area contributed by atoms with Crippen molar-refractivity contribution in [3.63, 3.8) is 0 Å². The molecule has 0 radical (unpaired) electrons. The average Bonchev–Trinajstić information content (AvgIpc) is 3.00. The van der Waals surface area contributed by atoms with Gasteiger partial charge in [-0.1, -0.05) is 11.2 Å². The van der Waals surface area contributed by atoms with Gasteiger partial charge in [-0.3, -0.25) is 14.5 Å². The zero-order valence-electron chi connectivity index (χ0n) is 13.1. The van der Waals surface area contributed by atoms with Crippen LogP contribution in [0.2, 0.25) is 0 Å². The normalized spacial score (nSPS) is 11.1. The number of anilines is 2. The van der Waals surface area contributed by atoms with Gasteiger partial charge < -0.3 is 9.84 Å². The van der Waals surface area contributed by atoms with Gasteiger partial charge in [0.1, 0.15) is 11.5 Å². The third-order valence-electron chi connectivity index (χ3n) is 3.19. The van der Waals surface area contributed by atoms with Gasteiger partial charge in [-0.2, -0.15) is 0 Å². The van der Waals surface area contributed by atoms with Crippen LogP contribution in [0.4, 0.5) is 11.5 Å². The minimum atomic E-state index is -3.79. The molecule has 0 aliphatic heterocycles. The predicted molar refractivity (Wildman–Crippen MR) is 90.7 cm³/mol. The minimum absolute atomic E-state index is 0.0315. The summed E-state index contributed by atoms with van der Waals surface area (Å²) in [6.07, 6.45) is 1.52. The van der Waals surface area contributed by atoms with Crippen molar-refractivity contribution < 1.29 is 17.7 Å². The molecule has 0 aliphatic rings. The van der Waals surface area contributed by atoms with E-state index >= 15 is 0 Å². The first kappa shape index (κ1) is 16.7. The number of hydrogen-bond acceptors (Lipinski definition) is 6. The van der Waals surface area contributed by atoms with Crippen LogP contribution in [-0.2, 0) is 10.0 Å². The number of carbonyl (C=O) groups excluding carboxylic acids is 1. The highest BCUT2D eigenvalue weighted by Crippen LogP contribution is 2.18. The fourth-order valence-electron chi connectivity index (χ4n) is 2.02. The summed E-state index contributed by atoms with van der Waals surface area (Å²) in [4.78, 5) is 16.0. The molecule has 2 N–H and O–H groups in total. The molecule has 1 amide bonds. The Hall–Kier alpha value is -3.20. The summed E-state index contributed by atoms with van der Waals surface area (Å²) in [5.41, 5.74) is 0.717. The van der Waals surface area contributed by atoms with Crippen LogP contribution in [0.25, 0.3) is 0 Å². The number of aryl methyl sites for hydroxylation is 1.